The average Bonchev–Trinajstić information content (AvgIpc) is 3.32. The molecular weight excluding hydrogens is 436 g/mol. The fourth-order valence-corrected chi connectivity index (χ4v) is 3.90. The third-order valence-corrected chi connectivity index (χ3v) is 5.74. The Kier molecular flexibility index (Phi) is 7.44. The van der Waals surface area contributed by atoms with E-state index in [0.717, 1.165) is 19.6 Å². The molecular formula is C25H28N4O5. The van der Waals surface area contributed by atoms with Gasteiger partial charge in [-0.15, -0.1) is 0 Å². The van der Waals surface area contributed by atoms with Crippen LogP contribution in [0, 0.1) is 0 Å². The minimum absolute atomic E-state index is 0.175. The molecule has 9 nitrogen and oxygen atoms in total. The van der Waals surface area contributed by atoms with Crippen LogP contribution in [0.1, 0.15) is 40.0 Å². The van der Waals surface area contributed by atoms with Crippen molar-refractivity contribution in [3.63, 3.8) is 0 Å². The monoisotopic (exact) mass is 464 g/mol. The van der Waals surface area contributed by atoms with Crippen LogP contribution in [0.2, 0.25) is 0 Å². The smallest absolute Gasteiger partial charge is 0.335 e. The van der Waals surface area contributed by atoms with Crippen LogP contribution >= 0.6 is 0 Å². The molecule has 0 spiro atoms. The van der Waals surface area contributed by atoms with E-state index in [1.165, 1.54) is 31.4 Å². The lowest BCUT2D eigenvalue weighted by molar-refractivity contribution is 0.0696. The van der Waals surface area contributed by atoms with Gasteiger partial charge in [0.05, 0.1) is 18.9 Å². The number of carboxylic acid groups (broad SMARTS) is 1. The average molecular weight is 465 g/mol. The van der Waals surface area contributed by atoms with Gasteiger partial charge in [-0.1, -0.05) is 18.6 Å². The Bertz CT molecular complexity index is 1140. The highest BCUT2D eigenvalue weighted by Crippen LogP contribution is 2.27. The number of piperidine rings is 1. The van der Waals surface area contributed by atoms with Gasteiger partial charge in [0.15, 0.2) is 5.76 Å². The van der Waals surface area contributed by atoms with Crippen molar-refractivity contribution >= 4 is 23.6 Å². The summed E-state index contributed by atoms with van der Waals surface area (Å²) in [6.45, 7) is 3.60. The second-order valence-corrected chi connectivity index (χ2v) is 8.15. The van der Waals surface area contributed by atoms with Crippen molar-refractivity contribution in [3.8, 4) is 17.1 Å². The largest absolute Gasteiger partial charge is 0.497 e. The Balaban J connectivity index is 1.41. The first kappa shape index (κ1) is 23.3. The van der Waals surface area contributed by atoms with Crippen molar-refractivity contribution in [2.45, 2.75) is 19.3 Å². The van der Waals surface area contributed by atoms with Gasteiger partial charge in [-0.2, -0.15) is 0 Å². The summed E-state index contributed by atoms with van der Waals surface area (Å²) in [5.74, 6) is -0.151. The van der Waals surface area contributed by atoms with E-state index < -0.39 is 5.97 Å². The molecule has 0 saturated carbocycles. The second-order valence-electron chi connectivity index (χ2n) is 8.15. The molecule has 1 aliphatic rings. The first-order chi connectivity index (χ1) is 16.5. The summed E-state index contributed by atoms with van der Waals surface area (Å²) >= 11 is 0. The van der Waals surface area contributed by atoms with E-state index in [4.69, 9.17) is 14.3 Å². The van der Waals surface area contributed by atoms with Crippen molar-refractivity contribution in [1.29, 1.82) is 0 Å². The first-order valence-corrected chi connectivity index (χ1v) is 11.3. The normalized spacial score (nSPS) is 13.9. The summed E-state index contributed by atoms with van der Waals surface area (Å²) in [5.41, 5.74) is 1.95. The van der Waals surface area contributed by atoms with E-state index in [1.54, 1.807) is 43.6 Å². The van der Waals surface area contributed by atoms with E-state index in [1.807, 2.05) is 0 Å². The number of nitrogens with zero attached hydrogens (tertiary/aromatic N) is 2. The summed E-state index contributed by atoms with van der Waals surface area (Å²) < 4.78 is 11.1. The molecule has 0 aliphatic carbocycles. The number of likely N-dealkylation sites (tertiary alicyclic amines) is 1. The molecule has 3 aromatic rings. The maximum absolute atomic E-state index is 12.7. The zero-order valence-electron chi connectivity index (χ0n) is 19.0. The van der Waals surface area contributed by atoms with Crippen molar-refractivity contribution in [1.82, 2.24) is 15.2 Å². The minimum atomic E-state index is -0.990. The van der Waals surface area contributed by atoms with Gasteiger partial charge in [0.25, 0.3) is 11.9 Å². The van der Waals surface area contributed by atoms with Crippen LogP contribution in [-0.2, 0) is 0 Å². The third-order valence-electron chi connectivity index (χ3n) is 5.74. The molecule has 4 rings (SSSR count). The second kappa shape index (κ2) is 10.8. The summed E-state index contributed by atoms with van der Waals surface area (Å²) in [4.78, 5) is 30.4. The number of oxazole rings is 1. The SMILES string of the molecule is COc1cc(Nc2ncc(-c3ccc(C(=O)O)cc3)o2)cc(C(=O)NCCN2CCCCC2)c1. The molecule has 178 valence electrons. The summed E-state index contributed by atoms with van der Waals surface area (Å²) in [7, 11) is 1.54. The number of aromatic nitrogens is 1. The zero-order valence-corrected chi connectivity index (χ0v) is 19.0. The fraction of sp³-hybridized carbons (Fsp3) is 0.320. The Hall–Kier alpha value is -3.85. The standard InChI is InChI=1S/C25H28N4O5/c1-33-21-14-19(23(30)26-9-12-29-10-3-2-4-11-29)13-20(15-21)28-25-27-16-22(34-25)17-5-7-18(8-6-17)24(31)32/h5-8,13-16H,2-4,9-12H2,1H3,(H,26,30)(H,27,28)(H,31,32). The highest BCUT2D eigenvalue weighted by Gasteiger charge is 2.14. The first-order valence-electron chi connectivity index (χ1n) is 11.3. The lowest BCUT2D eigenvalue weighted by Crippen LogP contribution is -2.37. The quantitative estimate of drug-likeness (QED) is 0.435. The molecule has 0 unspecified atom stereocenters. The number of carboxylic acids is 1. The molecule has 0 radical (unpaired) electrons. The number of methoxy groups -OCH3 is 1. The number of benzene rings is 2. The summed E-state index contributed by atoms with van der Waals surface area (Å²) in [5, 5.41) is 15.1. The number of aromatic carboxylic acids is 1. The number of amides is 1. The number of ether oxygens (including phenoxy) is 1. The lowest BCUT2D eigenvalue weighted by atomic mass is 10.1. The number of carbonyl (C=O) groups is 2. The highest BCUT2D eigenvalue weighted by molar-refractivity contribution is 5.95. The van der Waals surface area contributed by atoms with Crippen LogP contribution in [0.15, 0.2) is 53.1 Å². The van der Waals surface area contributed by atoms with Gasteiger partial charge in [0, 0.05) is 36.0 Å². The van der Waals surface area contributed by atoms with Gasteiger partial charge in [-0.25, -0.2) is 9.78 Å². The number of hydrogen-bond acceptors (Lipinski definition) is 7. The minimum Gasteiger partial charge on any atom is -0.497 e. The van der Waals surface area contributed by atoms with Gasteiger partial charge in [0.1, 0.15) is 5.75 Å². The van der Waals surface area contributed by atoms with Gasteiger partial charge in [0.2, 0.25) is 0 Å². The molecule has 3 N–H and O–H groups in total. The lowest BCUT2D eigenvalue weighted by Gasteiger charge is -2.26. The van der Waals surface area contributed by atoms with Crippen LogP contribution in [-0.4, -0.2) is 60.2 Å². The van der Waals surface area contributed by atoms with E-state index >= 15 is 0 Å². The van der Waals surface area contributed by atoms with E-state index in [9.17, 15) is 9.59 Å². The van der Waals surface area contributed by atoms with Crippen LogP contribution in [0.4, 0.5) is 11.7 Å². The molecule has 1 aromatic heterocycles. The van der Waals surface area contributed by atoms with Gasteiger partial charge >= 0.3 is 5.97 Å². The Labute approximate surface area is 197 Å². The Morgan fingerprint density at radius 3 is 2.56 bits per heavy atom. The topological polar surface area (TPSA) is 117 Å². The number of carbonyl (C=O) groups excluding carboxylic acids is 1. The molecule has 9 heteroatoms. The van der Waals surface area contributed by atoms with Gasteiger partial charge < -0.3 is 29.8 Å². The van der Waals surface area contributed by atoms with E-state index in [-0.39, 0.29) is 17.5 Å². The highest BCUT2D eigenvalue weighted by atomic mass is 16.5. The molecule has 1 saturated heterocycles. The zero-order chi connectivity index (χ0) is 23.9. The predicted octanol–water partition coefficient (Wildman–Crippen LogP) is 4.01. The van der Waals surface area contributed by atoms with E-state index in [0.29, 0.717) is 34.9 Å². The number of nitrogens with one attached hydrogen (secondary N) is 2. The molecule has 0 atom stereocenters. The van der Waals surface area contributed by atoms with Gasteiger partial charge in [-0.3, -0.25) is 4.79 Å². The fourth-order valence-electron chi connectivity index (χ4n) is 3.90. The number of anilines is 2. The molecule has 2 aromatic carbocycles. The third kappa shape index (κ3) is 5.93. The summed E-state index contributed by atoms with van der Waals surface area (Å²) in [6.07, 6.45) is 5.27. The van der Waals surface area contributed by atoms with Crippen molar-refractivity contribution in [2.75, 3.05) is 38.6 Å². The Morgan fingerprint density at radius 1 is 1.09 bits per heavy atom. The molecule has 0 bridgehead atoms. The van der Waals surface area contributed by atoms with Crippen molar-refractivity contribution in [2.24, 2.45) is 0 Å². The van der Waals surface area contributed by atoms with Crippen molar-refractivity contribution < 1.29 is 23.8 Å². The maximum Gasteiger partial charge on any atom is 0.335 e. The van der Waals surface area contributed by atoms with Crippen LogP contribution in [0.3, 0.4) is 0 Å². The van der Waals surface area contributed by atoms with Crippen LogP contribution < -0.4 is 15.4 Å². The molecule has 1 amide bonds. The summed E-state index contributed by atoms with van der Waals surface area (Å²) in [6, 6.07) is 11.7. The molecule has 1 fully saturated rings. The number of rotatable bonds is 9. The van der Waals surface area contributed by atoms with Crippen LogP contribution in [0.5, 0.6) is 5.75 Å². The molecule has 2 heterocycles. The van der Waals surface area contributed by atoms with Crippen LogP contribution in [0.25, 0.3) is 11.3 Å². The molecule has 34 heavy (non-hydrogen) atoms. The predicted molar refractivity (Wildman–Crippen MR) is 128 cm³/mol. The van der Waals surface area contributed by atoms with E-state index in [2.05, 4.69) is 20.5 Å². The number of hydrogen-bond donors (Lipinski definition) is 3. The molecule has 1 aliphatic heterocycles. The Morgan fingerprint density at radius 2 is 1.85 bits per heavy atom. The van der Waals surface area contributed by atoms with Crippen molar-refractivity contribution in [3.05, 3.63) is 59.8 Å². The van der Waals surface area contributed by atoms with Gasteiger partial charge in [-0.05, 0) is 50.2 Å². The maximum atomic E-state index is 12.7.